The maximum atomic E-state index is 12.8. The van der Waals surface area contributed by atoms with E-state index in [4.69, 9.17) is 9.47 Å². The quantitative estimate of drug-likeness (QED) is 0.647. The van der Waals surface area contributed by atoms with Crippen LogP contribution in [-0.4, -0.2) is 51.5 Å². The molecule has 1 saturated carbocycles. The zero-order chi connectivity index (χ0) is 21.0. The fourth-order valence-electron chi connectivity index (χ4n) is 4.16. The molecular weight excluding hydrogens is 384 g/mol. The van der Waals surface area contributed by atoms with Gasteiger partial charge in [-0.25, -0.2) is 4.68 Å². The number of ether oxygens (including phenoxy) is 2. The molecule has 156 valence electrons. The minimum absolute atomic E-state index is 0.0150. The Kier molecular flexibility index (Phi) is 4.30. The number of likely N-dealkylation sites (tertiary alicyclic amines) is 1. The SMILES string of the molecule is COc1c2ccc(C(=O)N3CC(Oc4cc(C)n(C5CC5)c(=O)c4)C3)cc2nn1C. The summed E-state index contributed by atoms with van der Waals surface area (Å²) in [6, 6.07) is 9.25. The van der Waals surface area contributed by atoms with Crippen LogP contribution in [0.4, 0.5) is 0 Å². The molecule has 2 fully saturated rings. The molecule has 8 nitrogen and oxygen atoms in total. The Hall–Kier alpha value is -3.29. The molecule has 1 aliphatic carbocycles. The van der Waals surface area contributed by atoms with E-state index < -0.39 is 0 Å². The molecule has 0 unspecified atom stereocenters. The smallest absolute Gasteiger partial charge is 0.254 e. The van der Waals surface area contributed by atoms with Crippen LogP contribution in [0.1, 0.15) is 34.9 Å². The molecule has 0 atom stereocenters. The van der Waals surface area contributed by atoms with Gasteiger partial charge in [0.1, 0.15) is 11.9 Å². The predicted octanol–water partition coefficient (Wildman–Crippen LogP) is 2.29. The Labute approximate surface area is 173 Å². The lowest BCUT2D eigenvalue weighted by Crippen LogP contribution is -2.56. The third kappa shape index (κ3) is 3.12. The van der Waals surface area contributed by atoms with Crippen LogP contribution < -0.4 is 15.0 Å². The van der Waals surface area contributed by atoms with Crippen LogP contribution in [-0.2, 0) is 7.05 Å². The number of methoxy groups -OCH3 is 1. The summed E-state index contributed by atoms with van der Waals surface area (Å²) >= 11 is 0. The van der Waals surface area contributed by atoms with Crippen molar-refractivity contribution in [3.63, 3.8) is 0 Å². The van der Waals surface area contributed by atoms with Crippen molar-refractivity contribution >= 4 is 16.8 Å². The molecule has 1 aromatic carbocycles. The minimum atomic E-state index is -0.108. The van der Waals surface area contributed by atoms with Gasteiger partial charge in [-0.3, -0.25) is 9.59 Å². The summed E-state index contributed by atoms with van der Waals surface area (Å²) in [5.41, 5.74) is 2.22. The zero-order valence-corrected chi connectivity index (χ0v) is 17.3. The van der Waals surface area contributed by atoms with Gasteiger partial charge in [-0.05, 0) is 44.0 Å². The molecule has 2 aliphatic rings. The Bertz CT molecular complexity index is 1200. The van der Waals surface area contributed by atoms with Gasteiger partial charge in [0.25, 0.3) is 11.5 Å². The number of nitrogens with zero attached hydrogens (tertiary/aromatic N) is 4. The second kappa shape index (κ2) is 6.90. The first-order chi connectivity index (χ1) is 14.4. The maximum absolute atomic E-state index is 12.8. The van der Waals surface area contributed by atoms with E-state index in [1.54, 1.807) is 34.9 Å². The zero-order valence-electron chi connectivity index (χ0n) is 17.3. The van der Waals surface area contributed by atoms with Gasteiger partial charge in [0.05, 0.1) is 31.1 Å². The summed E-state index contributed by atoms with van der Waals surface area (Å²) in [5.74, 6) is 1.19. The number of rotatable bonds is 5. The van der Waals surface area contributed by atoms with Crippen molar-refractivity contribution in [2.75, 3.05) is 20.2 Å². The molecule has 0 bridgehead atoms. The number of benzene rings is 1. The van der Waals surface area contributed by atoms with Crippen LogP contribution in [0.15, 0.2) is 35.1 Å². The molecule has 1 aliphatic heterocycles. The molecule has 1 amide bonds. The fraction of sp³-hybridized carbons (Fsp3) is 0.409. The van der Waals surface area contributed by atoms with E-state index in [-0.39, 0.29) is 17.6 Å². The Morgan fingerprint density at radius 1 is 1.17 bits per heavy atom. The molecule has 5 rings (SSSR count). The number of amides is 1. The number of carbonyl (C=O) groups excluding carboxylic acids is 1. The van der Waals surface area contributed by atoms with Gasteiger partial charge in [0.15, 0.2) is 0 Å². The normalized spacial score (nSPS) is 16.6. The molecule has 30 heavy (non-hydrogen) atoms. The summed E-state index contributed by atoms with van der Waals surface area (Å²) in [7, 11) is 3.41. The molecule has 3 heterocycles. The van der Waals surface area contributed by atoms with Gasteiger partial charge < -0.3 is 18.9 Å². The topological polar surface area (TPSA) is 78.6 Å². The Morgan fingerprint density at radius 3 is 2.60 bits per heavy atom. The standard InChI is InChI=1S/C22H24N4O4/c1-13-8-16(10-20(27)26(13)15-5-6-15)30-17-11-25(12-17)21(28)14-4-7-18-19(9-14)23-24(2)22(18)29-3/h4,7-10,15,17H,5-6,11-12H2,1-3H3. The van der Waals surface area contributed by atoms with E-state index in [2.05, 4.69) is 5.10 Å². The number of aryl methyl sites for hydroxylation is 2. The lowest BCUT2D eigenvalue weighted by molar-refractivity contribution is 0.0176. The van der Waals surface area contributed by atoms with Crippen LogP contribution in [0.3, 0.4) is 0 Å². The first-order valence-electron chi connectivity index (χ1n) is 10.1. The highest BCUT2D eigenvalue weighted by atomic mass is 16.5. The van der Waals surface area contributed by atoms with Gasteiger partial charge in [-0.15, -0.1) is 0 Å². The summed E-state index contributed by atoms with van der Waals surface area (Å²) < 4.78 is 14.8. The molecule has 8 heteroatoms. The second-order valence-electron chi connectivity index (χ2n) is 8.09. The summed E-state index contributed by atoms with van der Waals surface area (Å²) in [6.45, 7) is 2.92. The van der Waals surface area contributed by atoms with Crippen LogP contribution >= 0.6 is 0 Å². The highest BCUT2D eigenvalue weighted by Gasteiger charge is 2.33. The number of hydrogen-bond acceptors (Lipinski definition) is 5. The fourth-order valence-corrected chi connectivity index (χ4v) is 4.16. The highest BCUT2D eigenvalue weighted by Crippen LogP contribution is 2.35. The highest BCUT2D eigenvalue weighted by molar-refractivity contribution is 5.99. The first kappa shape index (κ1) is 18.7. The molecule has 3 aromatic rings. The van der Waals surface area contributed by atoms with Crippen molar-refractivity contribution in [1.29, 1.82) is 0 Å². The average molecular weight is 408 g/mol. The molecular formula is C22H24N4O4. The number of pyridine rings is 1. The van der Waals surface area contributed by atoms with Crippen LogP contribution in [0.2, 0.25) is 0 Å². The van der Waals surface area contributed by atoms with Gasteiger partial charge in [-0.1, -0.05) is 0 Å². The summed E-state index contributed by atoms with van der Waals surface area (Å²) in [6.07, 6.45) is 2.03. The van der Waals surface area contributed by atoms with Crippen LogP contribution in [0.5, 0.6) is 11.6 Å². The van der Waals surface area contributed by atoms with Crippen molar-refractivity contribution in [3.05, 3.63) is 51.9 Å². The van der Waals surface area contributed by atoms with E-state index in [1.807, 2.05) is 30.7 Å². The first-order valence-corrected chi connectivity index (χ1v) is 10.1. The monoisotopic (exact) mass is 408 g/mol. The van der Waals surface area contributed by atoms with E-state index in [1.165, 1.54) is 0 Å². The van der Waals surface area contributed by atoms with E-state index in [9.17, 15) is 9.59 Å². The Morgan fingerprint density at radius 2 is 1.93 bits per heavy atom. The lowest BCUT2D eigenvalue weighted by Gasteiger charge is -2.39. The summed E-state index contributed by atoms with van der Waals surface area (Å²) in [5, 5.41) is 5.28. The van der Waals surface area contributed by atoms with Crippen molar-refractivity contribution in [3.8, 4) is 11.6 Å². The van der Waals surface area contributed by atoms with Crippen molar-refractivity contribution in [2.24, 2.45) is 7.05 Å². The average Bonchev–Trinajstić information content (AvgIpc) is 3.44. The third-order valence-electron chi connectivity index (χ3n) is 5.80. The van der Waals surface area contributed by atoms with E-state index in [0.717, 1.165) is 29.4 Å². The molecule has 1 saturated heterocycles. The number of carbonyl (C=O) groups is 1. The predicted molar refractivity (Wildman–Crippen MR) is 111 cm³/mol. The van der Waals surface area contributed by atoms with Crippen LogP contribution in [0.25, 0.3) is 10.9 Å². The lowest BCUT2D eigenvalue weighted by atomic mass is 10.1. The van der Waals surface area contributed by atoms with Crippen molar-refractivity contribution in [1.82, 2.24) is 19.2 Å². The van der Waals surface area contributed by atoms with Crippen molar-refractivity contribution in [2.45, 2.75) is 31.9 Å². The summed E-state index contributed by atoms with van der Waals surface area (Å²) in [4.78, 5) is 26.9. The van der Waals surface area contributed by atoms with Gasteiger partial charge in [0, 0.05) is 30.4 Å². The van der Waals surface area contributed by atoms with Crippen molar-refractivity contribution < 1.29 is 14.3 Å². The minimum Gasteiger partial charge on any atom is -0.486 e. The van der Waals surface area contributed by atoms with Gasteiger partial charge in [-0.2, -0.15) is 5.10 Å². The van der Waals surface area contributed by atoms with E-state index in [0.29, 0.717) is 36.3 Å². The maximum Gasteiger partial charge on any atom is 0.254 e. The Balaban J connectivity index is 1.25. The van der Waals surface area contributed by atoms with Crippen LogP contribution in [0, 0.1) is 6.92 Å². The number of aromatic nitrogens is 3. The largest absolute Gasteiger partial charge is 0.486 e. The number of hydrogen-bond donors (Lipinski definition) is 0. The molecule has 0 spiro atoms. The van der Waals surface area contributed by atoms with Gasteiger partial charge >= 0.3 is 0 Å². The van der Waals surface area contributed by atoms with E-state index >= 15 is 0 Å². The molecule has 0 N–H and O–H groups in total. The number of fused-ring (bicyclic) bond motifs is 1. The van der Waals surface area contributed by atoms with Gasteiger partial charge in [0.2, 0.25) is 5.88 Å². The second-order valence-corrected chi connectivity index (χ2v) is 8.09. The third-order valence-corrected chi connectivity index (χ3v) is 5.80. The molecule has 0 radical (unpaired) electrons. The molecule has 2 aromatic heterocycles.